The first-order chi connectivity index (χ1) is 12.6. The fourth-order valence-electron chi connectivity index (χ4n) is 2.85. The summed E-state index contributed by atoms with van der Waals surface area (Å²) in [4.78, 5) is 24.2. The molecule has 5 heteroatoms. The Morgan fingerprint density at radius 2 is 1.85 bits per heavy atom. The van der Waals surface area contributed by atoms with E-state index in [4.69, 9.17) is 4.42 Å². The Balaban J connectivity index is 1.44. The summed E-state index contributed by atoms with van der Waals surface area (Å²) in [6.07, 6.45) is 2.50. The SMILES string of the molecule is CC(Cc1ccco1)NC(=O)CCNC(=O)c1ccc2ccccc2c1. The van der Waals surface area contributed by atoms with Gasteiger partial charge >= 0.3 is 0 Å². The second-order valence-electron chi connectivity index (χ2n) is 6.32. The zero-order chi connectivity index (χ0) is 18.4. The highest BCUT2D eigenvalue weighted by Gasteiger charge is 2.11. The largest absolute Gasteiger partial charge is 0.469 e. The molecule has 2 amide bonds. The Morgan fingerprint density at radius 3 is 2.62 bits per heavy atom. The maximum absolute atomic E-state index is 12.2. The molecule has 0 spiro atoms. The van der Waals surface area contributed by atoms with E-state index >= 15 is 0 Å². The minimum absolute atomic E-state index is 0.0233. The molecule has 0 fully saturated rings. The van der Waals surface area contributed by atoms with E-state index in [0.29, 0.717) is 18.5 Å². The number of nitrogens with one attached hydrogen (secondary N) is 2. The summed E-state index contributed by atoms with van der Waals surface area (Å²) in [5, 5.41) is 7.81. The van der Waals surface area contributed by atoms with Crippen LogP contribution in [-0.4, -0.2) is 24.4 Å². The molecule has 1 unspecified atom stereocenters. The van der Waals surface area contributed by atoms with Gasteiger partial charge in [-0.3, -0.25) is 9.59 Å². The Bertz CT molecular complexity index is 887. The zero-order valence-corrected chi connectivity index (χ0v) is 14.7. The average Bonchev–Trinajstić information content (AvgIpc) is 3.13. The minimum atomic E-state index is -0.174. The van der Waals surface area contributed by atoms with Crippen LogP contribution in [0.15, 0.2) is 65.3 Å². The van der Waals surface area contributed by atoms with E-state index in [9.17, 15) is 9.59 Å². The lowest BCUT2D eigenvalue weighted by molar-refractivity contribution is -0.121. The van der Waals surface area contributed by atoms with Crippen molar-refractivity contribution in [3.05, 3.63) is 72.2 Å². The van der Waals surface area contributed by atoms with Crippen molar-refractivity contribution in [1.82, 2.24) is 10.6 Å². The maximum atomic E-state index is 12.2. The van der Waals surface area contributed by atoms with Crippen LogP contribution < -0.4 is 10.6 Å². The van der Waals surface area contributed by atoms with Gasteiger partial charge in [0.2, 0.25) is 5.91 Å². The summed E-state index contributed by atoms with van der Waals surface area (Å²) in [5.74, 6) is 0.567. The predicted octanol–water partition coefficient (Wildman–Crippen LogP) is 3.30. The molecular formula is C21H22N2O3. The Labute approximate surface area is 152 Å². The minimum Gasteiger partial charge on any atom is -0.469 e. The van der Waals surface area contributed by atoms with Crippen molar-refractivity contribution in [3.8, 4) is 0 Å². The van der Waals surface area contributed by atoms with Crippen LogP contribution in [0.3, 0.4) is 0 Å². The molecule has 0 saturated heterocycles. The molecule has 0 aliphatic carbocycles. The molecule has 0 bridgehead atoms. The van der Waals surface area contributed by atoms with Gasteiger partial charge in [-0.15, -0.1) is 0 Å². The average molecular weight is 350 g/mol. The number of hydrogen-bond donors (Lipinski definition) is 2. The summed E-state index contributed by atoms with van der Waals surface area (Å²) < 4.78 is 5.27. The fraction of sp³-hybridized carbons (Fsp3) is 0.238. The first kappa shape index (κ1) is 17.7. The van der Waals surface area contributed by atoms with Crippen LogP contribution in [0.4, 0.5) is 0 Å². The number of rotatable bonds is 7. The fourth-order valence-corrected chi connectivity index (χ4v) is 2.85. The zero-order valence-electron chi connectivity index (χ0n) is 14.7. The van der Waals surface area contributed by atoms with E-state index in [1.807, 2.05) is 55.5 Å². The molecule has 0 saturated carbocycles. The van der Waals surface area contributed by atoms with Crippen molar-refractivity contribution >= 4 is 22.6 Å². The summed E-state index contributed by atoms with van der Waals surface area (Å²) >= 11 is 0. The van der Waals surface area contributed by atoms with Crippen molar-refractivity contribution in [1.29, 1.82) is 0 Å². The van der Waals surface area contributed by atoms with Gasteiger partial charge in [0.1, 0.15) is 5.76 Å². The van der Waals surface area contributed by atoms with E-state index in [1.54, 1.807) is 12.3 Å². The lowest BCUT2D eigenvalue weighted by Crippen LogP contribution is -2.36. The van der Waals surface area contributed by atoms with E-state index in [0.717, 1.165) is 16.5 Å². The first-order valence-electron chi connectivity index (χ1n) is 8.70. The normalized spacial score (nSPS) is 11.9. The van der Waals surface area contributed by atoms with Gasteiger partial charge in [0.05, 0.1) is 6.26 Å². The van der Waals surface area contributed by atoms with Crippen LogP contribution in [0.5, 0.6) is 0 Å². The summed E-state index contributed by atoms with van der Waals surface area (Å²) in [5.41, 5.74) is 0.593. The summed E-state index contributed by atoms with van der Waals surface area (Å²) in [7, 11) is 0. The predicted molar refractivity (Wildman–Crippen MR) is 101 cm³/mol. The smallest absolute Gasteiger partial charge is 0.251 e. The second-order valence-corrected chi connectivity index (χ2v) is 6.32. The Kier molecular flexibility index (Phi) is 5.69. The molecule has 3 aromatic rings. The van der Waals surface area contributed by atoms with Crippen LogP contribution >= 0.6 is 0 Å². The molecule has 1 heterocycles. The molecule has 3 rings (SSSR count). The van der Waals surface area contributed by atoms with Crippen molar-refractivity contribution in [2.24, 2.45) is 0 Å². The van der Waals surface area contributed by atoms with E-state index in [1.165, 1.54) is 0 Å². The van der Waals surface area contributed by atoms with Gasteiger partial charge in [0, 0.05) is 31.0 Å². The van der Waals surface area contributed by atoms with Crippen molar-refractivity contribution in [3.63, 3.8) is 0 Å². The number of hydrogen-bond acceptors (Lipinski definition) is 3. The third-order valence-electron chi connectivity index (χ3n) is 4.14. The quantitative estimate of drug-likeness (QED) is 0.687. The topological polar surface area (TPSA) is 71.3 Å². The number of furan rings is 1. The highest BCUT2D eigenvalue weighted by Crippen LogP contribution is 2.15. The van der Waals surface area contributed by atoms with Gasteiger partial charge in [-0.25, -0.2) is 0 Å². The molecule has 134 valence electrons. The number of amides is 2. The molecule has 5 nitrogen and oxygen atoms in total. The third-order valence-corrected chi connectivity index (χ3v) is 4.14. The molecule has 2 aromatic carbocycles. The second kappa shape index (κ2) is 8.34. The molecule has 0 aliphatic rings. The van der Waals surface area contributed by atoms with Crippen molar-refractivity contribution < 1.29 is 14.0 Å². The van der Waals surface area contributed by atoms with Crippen LogP contribution in [0.1, 0.15) is 29.5 Å². The lowest BCUT2D eigenvalue weighted by Gasteiger charge is -2.13. The third kappa shape index (κ3) is 4.72. The molecule has 0 radical (unpaired) electrons. The Morgan fingerprint density at radius 1 is 1.04 bits per heavy atom. The molecule has 1 atom stereocenters. The molecular weight excluding hydrogens is 328 g/mol. The Hall–Kier alpha value is -3.08. The highest BCUT2D eigenvalue weighted by molar-refractivity contribution is 5.98. The van der Waals surface area contributed by atoms with Gasteiger partial charge < -0.3 is 15.1 Å². The van der Waals surface area contributed by atoms with Gasteiger partial charge in [-0.05, 0) is 42.0 Å². The van der Waals surface area contributed by atoms with Crippen LogP contribution in [0.2, 0.25) is 0 Å². The van der Waals surface area contributed by atoms with Gasteiger partial charge in [0.15, 0.2) is 0 Å². The van der Waals surface area contributed by atoms with Crippen LogP contribution in [0.25, 0.3) is 10.8 Å². The van der Waals surface area contributed by atoms with Crippen molar-refractivity contribution in [2.75, 3.05) is 6.54 Å². The number of benzene rings is 2. The monoisotopic (exact) mass is 350 g/mol. The molecule has 26 heavy (non-hydrogen) atoms. The summed E-state index contributed by atoms with van der Waals surface area (Å²) in [6.45, 7) is 2.22. The van der Waals surface area contributed by atoms with Gasteiger partial charge in [-0.2, -0.15) is 0 Å². The number of carbonyl (C=O) groups is 2. The van der Waals surface area contributed by atoms with E-state index < -0.39 is 0 Å². The van der Waals surface area contributed by atoms with Gasteiger partial charge in [0.25, 0.3) is 5.91 Å². The van der Waals surface area contributed by atoms with Crippen molar-refractivity contribution in [2.45, 2.75) is 25.8 Å². The first-order valence-corrected chi connectivity index (χ1v) is 8.70. The number of carbonyl (C=O) groups excluding carboxylic acids is 2. The molecule has 1 aromatic heterocycles. The lowest BCUT2D eigenvalue weighted by atomic mass is 10.1. The highest BCUT2D eigenvalue weighted by atomic mass is 16.3. The molecule has 2 N–H and O–H groups in total. The summed E-state index contributed by atoms with van der Waals surface area (Å²) in [6, 6.07) is 17.1. The van der Waals surface area contributed by atoms with Gasteiger partial charge in [-0.1, -0.05) is 30.3 Å². The molecule has 0 aliphatic heterocycles. The van der Waals surface area contributed by atoms with Crippen LogP contribution in [-0.2, 0) is 11.2 Å². The van der Waals surface area contributed by atoms with E-state index in [-0.39, 0.29) is 24.3 Å². The maximum Gasteiger partial charge on any atom is 0.251 e. The van der Waals surface area contributed by atoms with Crippen LogP contribution in [0, 0.1) is 0 Å². The number of fused-ring (bicyclic) bond motifs is 1. The standard InChI is InChI=1S/C21H22N2O3/c1-15(13-19-7-4-12-26-19)23-20(24)10-11-22-21(25)18-9-8-16-5-2-3-6-17(16)14-18/h2-9,12,14-15H,10-11,13H2,1H3,(H,22,25)(H,23,24). The van der Waals surface area contributed by atoms with E-state index in [2.05, 4.69) is 10.6 Å².